The Morgan fingerprint density at radius 3 is 3.05 bits per heavy atom. The quantitative estimate of drug-likeness (QED) is 0.562. The summed E-state index contributed by atoms with van der Waals surface area (Å²) in [5.74, 6) is 0.823. The van der Waals surface area contributed by atoms with E-state index in [-0.39, 0.29) is 0 Å². The van der Waals surface area contributed by atoms with Crippen molar-refractivity contribution in [2.75, 3.05) is 0 Å². The second-order valence-electron chi connectivity index (χ2n) is 5.44. The first-order chi connectivity index (χ1) is 10.8. The lowest BCUT2D eigenvalue weighted by Crippen LogP contribution is -1.94. The highest BCUT2D eigenvalue weighted by Gasteiger charge is 2.08. The topological polar surface area (TPSA) is 43.9 Å². The van der Waals surface area contributed by atoms with Crippen molar-refractivity contribution in [2.45, 2.75) is 45.6 Å². The molecule has 0 aliphatic rings. The molecule has 0 aromatic carbocycles. The van der Waals surface area contributed by atoms with Gasteiger partial charge in [0.25, 0.3) is 0 Å². The van der Waals surface area contributed by atoms with Crippen molar-refractivity contribution in [3.05, 3.63) is 47.0 Å². The van der Waals surface area contributed by atoms with E-state index in [1.165, 1.54) is 25.7 Å². The van der Waals surface area contributed by atoms with Crippen LogP contribution in [0.3, 0.4) is 0 Å². The summed E-state index contributed by atoms with van der Waals surface area (Å²) in [6.45, 7) is 3.29. The molecule has 0 spiro atoms. The summed E-state index contributed by atoms with van der Waals surface area (Å²) in [6, 6.07) is 3.82. The first-order valence-electron chi connectivity index (χ1n) is 7.84. The van der Waals surface area contributed by atoms with Crippen LogP contribution in [0.25, 0.3) is 11.5 Å². The monoisotopic (exact) mass is 315 g/mol. The van der Waals surface area contributed by atoms with E-state index in [9.17, 15) is 0 Å². The van der Waals surface area contributed by atoms with E-state index >= 15 is 0 Å². The minimum absolute atomic E-state index is 0.785. The van der Waals surface area contributed by atoms with E-state index in [4.69, 9.17) is 4.42 Å². The zero-order valence-corrected chi connectivity index (χ0v) is 13.7. The molecular weight excluding hydrogens is 294 g/mol. The molecule has 3 aromatic rings. The first-order valence-corrected chi connectivity index (χ1v) is 8.72. The fourth-order valence-electron chi connectivity index (χ4n) is 2.43. The molecule has 0 unspecified atom stereocenters. The van der Waals surface area contributed by atoms with E-state index in [1.54, 1.807) is 17.6 Å². The Balaban J connectivity index is 1.56. The van der Waals surface area contributed by atoms with Crippen LogP contribution in [0.5, 0.6) is 0 Å². The van der Waals surface area contributed by atoms with Gasteiger partial charge in [0.05, 0.1) is 23.3 Å². The molecule has 3 rings (SSSR count). The molecule has 3 aromatic heterocycles. The minimum Gasteiger partial charge on any atom is -0.463 e. The Kier molecular flexibility index (Phi) is 5.06. The number of rotatable bonds is 8. The van der Waals surface area contributed by atoms with Crippen LogP contribution >= 0.6 is 11.3 Å². The van der Waals surface area contributed by atoms with E-state index < -0.39 is 0 Å². The molecule has 0 saturated carbocycles. The number of nitrogens with zero attached hydrogens (tertiary/aromatic N) is 3. The third-order valence-electron chi connectivity index (χ3n) is 3.61. The molecule has 22 heavy (non-hydrogen) atoms. The van der Waals surface area contributed by atoms with Crippen molar-refractivity contribution in [3.8, 4) is 11.5 Å². The van der Waals surface area contributed by atoms with E-state index in [0.717, 1.165) is 35.1 Å². The number of imidazole rings is 1. The lowest BCUT2D eigenvalue weighted by molar-refractivity contribution is 0.580. The highest BCUT2D eigenvalue weighted by Crippen LogP contribution is 2.23. The van der Waals surface area contributed by atoms with Gasteiger partial charge in [0.1, 0.15) is 5.69 Å². The van der Waals surface area contributed by atoms with Crippen molar-refractivity contribution in [1.29, 1.82) is 0 Å². The van der Waals surface area contributed by atoms with Gasteiger partial charge in [-0.25, -0.2) is 9.97 Å². The van der Waals surface area contributed by atoms with Crippen LogP contribution in [-0.2, 0) is 13.0 Å². The molecule has 0 radical (unpaired) electrons. The Labute approximate surface area is 134 Å². The van der Waals surface area contributed by atoms with Crippen molar-refractivity contribution in [3.63, 3.8) is 0 Å². The van der Waals surface area contributed by atoms with Crippen LogP contribution in [0, 0.1) is 0 Å². The van der Waals surface area contributed by atoms with E-state index in [1.807, 2.05) is 23.8 Å². The predicted molar refractivity (Wildman–Crippen MR) is 89.0 cm³/mol. The number of aromatic nitrogens is 3. The van der Waals surface area contributed by atoms with Crippen LogP contribution in [0.2, 0.25) is 0 Å². The highest BCUT2D eigenvalue weighted by atomic mass is 32.1. The van der Waals surface area contributed by atoms with Gasteiger partial charge in [-0.1, -0.05) is 26.2 Å². The summed E-state index contributed by atoms with van der Waals surface area (Å²) in [5, 5.41) is 3.11. The van der Waals surface area contributed by atoms with Crippen molar-refractivity contribution < 1.29 is 4.42 Å². The van der Waals surface area contributed by atoms with Crippen molar-refractivity contribution in [1.82, 2.24) is 14.5 Å². The molecule has 0 bridgehead atoms. The zero-order chi connectivity index (χ0) is 15.2. The zero-order valence-electron chi connectivity index (χ0n) is 12.9. The van der Waals surface area contributed by atoms with Crippen LogP contribution in [-0.4, -0.2) is 14.5 Å². The van der Waals surface area contributed by atoms with Gasteiger partial charge in [-0.3, -0.25) is 0 Å². The molecule has 3 heterocycles. The summed E-state index contributed by atoms with van der Waals surface area (Å²) >= 11 is 1.66. The smallest absolute Gasteiger partial charge is 0.153 e. The molecule has 0 aliphatic heterocycles. The lowest BCUT2D eigenvalue weighted by Gasteiger charge is -2.00. The molecule has 0 fully saturated rings. The normalized spacial score (nSPS) is 11.1. The molecule has 0 atom stereocenters. The van der Waals surface area contributed by atoms with Crippen LogP contribution in [0.4, 0.5) is 0 Å². The summed E-state index contributed by atoms with van der Waals surface area (Å²) in [5.41, 5.74) is 1.99. The minimum atomic E-state index is 0.785. The molecule has 116 valence electrons. The molecule has 4 nitrogen and oxygen atoms in total. The first kappa shape index (κ1) is 15.0. The SMILES string of the molecule is CCCCCCn1cnc(Cc2nc(-c3ccco3)cs2)c1. The van der Waals surface area contributed by atoms with Crippen LogP contribution in [0.15, 0.2) is 40.7 Å². The second-order valence-corrected chi connectivity index (χ2v) is 6.39. The van der Waals surface area contributed by atoms with Gasteiger partial charge in [0.15, 0.2) is 5.76 Å². The van der Waals surface area contributed by atoms with Gasteiger partial charge in [-0.2, -0.15) is 0 Å². The third kappa shape index (κ3) is 3.85. The van der Waals surface area contributed by atoms with Gasteiger partial charge in [0, 0.05) is 24.5 Å². The predicted octanol–water partition coefficient (Wildman–Crippen LogP) is 4.77. The molecule has 0 N–H and O–H groups in total. The average molecular weight is 315 g/mol. The number of furan rings is 1. The molecular formula is C17H21N3OS. The number of hydrogen-bond acceptors (Lipinski definition) is 4. The van der Waals surface area contributed by atoms with Gasteiger partial charge in [-0.15, -0.1) is 11.3 Å². The summed E-state index contributed by atoms with van der Waals surface area (Å²) in [6.07, 6.45) is 11.6. The van der Waals surface area contributed by atoms with E-state index in [0.29, 0.717) is 0 Å². The number of aryl methyl sites for hydroxylation is 1. The fraction of sp³-hybridized carbons (Fsp3) is 0.412. The van der Waals surface area contributed by atoms with Crippen molar-refractivity contribution in [2.24, 2.45) is 0 Å². The second kappa shape index (κ2) is 7.40. The lowest BCUT2D eigenvalue weighted by atomic mass is 10.2. The molecule has 0 saturated heterocycles. The Hall–Kier alpha value is -1.88. The van der Waals surface area contributed by atoms with Gasteiger partial charge in [-0.05, 0) is 18.6 Å². The largest absolute Gasteiger partial charge is 0.463 e. The van der Waals surface area contributed by atoms with Crippen molar-refractivity contribution >= 4 is 11.3 Å². The summed E-state index contributed by atoms with van der Waals surface area (Å²) in [4.78, 5) is 9.11. The average Bonchev–Trinajstić information content (AvgIpc) is 3.25. The Bertz CT molecular complexity index is 684. The molecule has 5 heteroatoms. The maximum Gasteiger partial charge on any atom is 0.153 e. The standard InChI is InChI=1S/C17H21N3OS/c1-2-3-4-5-8-20-11-14(18-13-20)10-17-19-15(12-22-17)16-7-6-9-21-16/h6-7,9,11-13H,2-5,8,10H2,1H3. The van der Waals surface area contributed by atoms with Gasteiger partial charge in [0.2, 0.25) is 0 Å². The maximum absolute atomic E-state index is 5.38. The third-order valence-corrected chi connectivity index (χ3v) is 4.46. The Morgan fingerprint density at radius 1 is 1.27 bits per heavy atom. The van der Waals surface area contributed by atoms with Crippen LogP contribution < -0.4 is 0 Å². The Morgan fingerprint density at radius 2 is 2.23 bits per heavy atom. The number of unbranched alkanes of at least 4 members (excludes halogenated alkanes) is 3. The molecule has 0 aliphatic carbocycles. The maximum atomic E-state index is 5.38. The van der Waals surface area contributed by atoms with E-state index in [2.05, 4.69) is 27.7 Å². The summed E-state index contributed by atoms with van der Waals surface area (Å²) in [7, 11) is 0. The summed E-state index contributed by atoms with van der Waals surface area (Å²) < 4.78 is 7.56. The fourth-order valence-corrected chi connectivity index (χ4v) is 3.22. The number of thiazole rings is 1. The van der Waals surface area contributed by atoms with Gasteiger partial charge >= 0.3 is 0 Å². The molecule has 0 amide bonds. The highest BCUT2D eigenvalue weighted by molar-refractivity contribution is 7.10. The number of hydrogen-bond donors (Lipinski definition) is 0. The van der Waals surface area contributed by atoms with Gasteiger partial charge < -0.3 is 8.98 Å². The van der Waals surface area contributed by atoms with Crippen LogP contribution in [0.1, 0.15) is 43.3 Å².